The molecule has 0 spiro atoms. The summed E-state index contributed by atoms with van der Waals surface area (Å²) in [6, 6.07) is 10.3. The molecule has 0 heterocycles. The molecule has 0 atom stereocenters. The van der Waals surface area contributed by atoms with Gasteiger partial charge in [-0.1, -0.05) is 43.7 Å². The Morgan fingerprint density at radius 2 is 1.68 bits per heavy atom. The van der Waals surface area contributed by atoms with Gasteiger partial charge in [0.25, 0.3) is 0 Å². The molecule has 0 aromatic heterocycles. The minimum atomic E-state index is -4.42. The molecule has 0 radical (unpaired) electrons. The zero-order chi connectivity index (χ0) is 13.2. The first-order valence-corrected chi connectivity index (χ1v) is 7.41. The maximum Gasteiger partial charge on any atom is 1.00 e. The molecule has 0 N–H and O–H groups in total. The van der Waals surface area contributed by atoms with Crippen LogP contribution in [0.5, 0.6) is 0 Å². The summed E-state index contributed by atoms with van der Waals surface area (Å²) < 4.78 is 33.6. The number of unbranched alkanes of at least 4 members (excludes halogenated alkanes) is 1. The third kappa shape index (κ3) is 3.68. The van der Waals surface area contributed by atoms with Gasteiger partial charge in [-0.3, -0.25) is 0 Å². The predicted molar refractivity (Wildman–Crippen MR) is 70.5 cm³/mol. The first-order chi connectivity index (χ1) is 8.54. The molecule has 5 heteroatoms. The molecular formula is C14H15AgO3S. The van der Waals surface area contributed by atoms with Crippen LogP contribution in [0.4, 0.5) is 0 Å². The topological polar surface area (TPSA) is 57.2 Å². The molecule has 0 unspecified atom stereocenters. The zero-order valence-electron chi connectivity index (χ0n) is 10.5. The van der Waals surface area contributed by atoms with Crippen LogP contribution in [-0.4, -0.2) is 13.0 Å². The van der Waals surface area contributed by atoms with Gasteiger partial charge in [0, 0.05) is 0 Å². The SMILES string of the molecule is CCCCc1ccc(S(=O)(=O)[O-])c2ccccc12.[Ag+]. The van der Waals surface area contributed by atoms with Gasteiger partial charge in [-0.05, 0) is 35.2 Å². The Bertz CT molecular complexity index is 665. The van der Waals surface area contributed by atoms with E-state index >= 15 is 0 Å². The van der Waals surface area contributed by atoms with Gasteiger partial charge in [-0.25, -0.2) is 8.42 Å². The molecule has 3 nitrogen and oxygen atoms in total. The molecule has 2 aromatic carbocycles. The van der Waals surface area contributed by atoms with Crippen molar-refractivity contribution in [2.45, 2.75) is 31.1 Å². The van der Waals surface area contributed by atoms with Crippen molar-refractivity contribution in [2.75, 3.05) is 0 Å². The molecule has 0 aliphatic heterocycles. The normalized spacial score (nSPS) is 11.3. The van der Waals surface area contributed by atoms with Gasteiger partial charge >= 0.3 is 22.4 Å². The van der Waals surface area contributed by atoms with Gasteiger partial charge in [-0.2, -0.15) is 0 Å². The van der Waals surface area contributed by atoms with Crippen LogP contribution >= 0.6 is 0 Å². The van der Waals surface area contributed by atoms with Crippen LogP contribution in [-0.2, 0) is 38.9 Å². The smallest absolute Gasteiger partial charge is 0.744 e. The van der Waals surface area contributed by atoms with E-state index in [1.807, 2.05) is 12.1 Å². The van der Waals surface area contributed by atoms with Crippen LogP contribution in [0.1, 0.15) is 25.3 Å². The summed E-state index contributed by atoms with van der Waals surface area (Å²) in [5.41, 5.74) is 1.10. The van der Waals surface area contributed by atoms with E-state index < -0.39 is 10.1 Å². The average Bonchev–Trinajstić information content (AvgIpc) is 2.34. The first kappa shape index (κ1) is 16.4. The quantitative estimate of drug-likeness (QED) is 0.613. The van der Waals surface area contributed by atoms with E-state index in [1.165, 1.54) is 6.07 Å². The van der Waals surface area contributed by atoms with Crippen molar-refractivity contribution in [1.29, 1.82) is 0 Å². The van der Waals surface area contributed by atoms with Crippen LogP contribution in [0.25, 0.3) is 10.8 Å². The Morgan fingerprint density at radius 1 is 1.05 bits per heavy atom. The third-order valence-corrected chi connectivity index (χ3v) is 3.94. The average molecular weight is 371 g/mol. The van der Waals surface area contributed by atoms with Gasteiger partial charge in [0.15, 0.2) is 0 Å². The molecule has 0 aliphatic carbocycles. The number of benzene rings is 2. The predicted octanol–water partition coefficient (Wildman–Crippen LogP) is 3.08. The minimum absolute atomic E-state index is 0. The van der Waals surface area contributed by atoms with Crippen LogP contribution in [0.3, 0.4) is 0 Å². The van der Waals surface area contributed by atoms with Gasteiger partial charge in [-0.15, -0.1) is 0 Å². The van der Waals surface area contributed by atoms with E-state index in [1.54, 1.807) is 18.2 Å². The van der Waals surface area contributed by atoms with Gasteiger partial charge in [0.05, 0.1) is 4.90 Å². The number of aryl methyl sites for hydroxylation is 1. The van der Waals surface area contributed by atoms with Gasteiger partial charge in [0.2, 0.25) is 0 Å². The summed E-state index contributed by atoms with van der Waals surface area (Å²) in [5.74, 6) is 0. The molecule has 106 valence electrons. The van der Waals surface area contributed by atoms with Gasteiger partial charge in [0.1, 0.15) is 10.1 Å². The van der Waals surface area contributed by atoms with E-state index in [9.17, 15) is 13.0 Å². The summed E-state index contributed by atoms with van der Waals surface area (Å²) in [6.45, 7) is 2.11. The minimum Gasteiger partial charge on any atom is -0.744 e. The van der Waals surface area contributed by atoms with Crippen LogP contribution in [0.2, 0.25) is 0 Å². The summed E-state index contributed by atoms with van der Waals surface area (Å²) in [4.78, 5) is -0.127. The Labute approximate surface area is 129 Å². The summed E-state index contributed by atoms with van der Waals surface area (Å²) in [5, 5.41) is 1.39. The first-order valence-electron chi connectivity index (χ1n) is 6.00. The second-order valence-electron chi connectivity index (χ2n) is 4.33. The second kappa shape index (κ2) is 6.68. The molecule has 2 rings (SSSR count). The fourth-order valence-corrected chi connectivity index (χ4v) is 2.82. The van der Waals surface area contributed by atoms with E-state index in [0.717, 1.165) is 30.2 Å². The molecule has 0 aliphatic rings. The zero-order valence-corrected chi connectivity index (χ0v) is 12.8. The van der Waals surface area contributed by atoms with Crippen LogP contribution in [0, 0.1) is 0 Å². The van der Waals surface area contributed by atoms with Crippen molar-refractivity contribution in [2.24, 2.45) is 0 Å². The van der Waals surface area contributed by atoms with E-state index in [-0.39, 0.29) is 27.3 Å². The Balaban J connectivity index is 0.00000180. The van der Waals surface area contributed by atoms with Crippen LogP contribution < -0.4 is 0 Å². The van der Waals surface area contributed by atoms with Crippen molar-refractivity contribution in [3.8, 4) is 0 Å². The molecule has 0 saturated heterocycles. The maximum absolute atomic E-state index is 11.2. The van der Waals surface area contributed by atoms with Crippen molar-refractivity contribution >= 4 is 20.9 Å². The Hall–Kier alpha value is -0.650. The summed E-state index contributed by atoms with van der Waals surface area (Å²) >= 11 is 0. The second-order valence-corrected chi connectivity index (χ2v) is 5.67. The number of hydrogen-bond acceptors (Lipinski definition) is 3. The number of hydrogen-bond donors (Lipinski definition) is 0. The maximum atomic E-state index is 11.2. The molecule has 0 saturated carbocycles. The van der Waals surface area contributed by atoms with E-state index in [4.69, 9.17) is 0 Å². The number of rotatable bonds is 4. The fraction of sp³-hybridized carbons (Fsp3) is 0.286. The molecular weight excluding hydrogens is 356 g/mol. The van der Waals surface area contributed by atoms with Crippen molar-refractivity contribution < 1.29 is 35.4 Å². The molecule has 0 amide bonds. The summed E-state index contributed by atoms with van der Waals surface area (Å²) in [6.07, 6.45) is 3.03. The van der Waals surface area contributed by atoms with Crippen LogP contribution in [0.15, 0.2) is 41.3 Å². The van der Waals surface area contributed by atoms with Crippen molar-refractivity contribution in [3.63, 3.8) is 0 Å². The standard InChI is InChI=1S/C14H16O3S.Ag/c1-2-3-6-11-9-10-14(18(15,16)17)13-8-5-4-7-12(11)13;/h4-5,7-10H,2-3,6H2,1H3,(H,15,16,17);/q;+1/p-1. The Morgan fingerprint density at radius 3 is 2.26 bits per heavy atom. The fourth-order valence-electron chi connectivity index (χ4n) is 2.14. The summed E-state index contributed by atoms with van der Waals surface area (Å²) in [7, 11) is -4.42. The molecule has 0 fully saturated rings. The van der Waals surface area contributed by atoms with E-state index in [2.05, 4.69) is 6.92 Å². The van der Waals surface area contributed by atoms with Crippen molar-refractivity contribution in [3.05, 3.63) is 42.0 Å². The molecule has 2 aromatic rings. The number of fused-ring (bicyclic) bond motifs is 1. The molecule has 19 heavy (non-hydrogen) atoms. The van der Waals surface area contributed by atoms with Gasteiger partial charge < -0.3 is 4.55 Å². The largest absolute Gasteiger partial charge is 1.00 e. The monoisotopic (exact) mass is 370 g/mol. The Kier molecular flexibility index (Phi) is 5.77. The molecule has 0 bridgehead atoms. The van der Waals surface area contributed by atoms with E-state index in [0.29, 0.717) is 5.39 Å². The van der Waals surface area contributed by atoms with Crippen molar-refractivity contribution in [1.82, 2.24) is 0 Å². The third-order valence-electron chi connectivity index (χ3n) is 3.04.